The van der Waals surface area contributed by atoms with E-state index in [2.05, 4.69) is 4.72 Å². The maximum absolute atomic E-state index is 12.9. The van der Waals surface area contributed by atoms with Crippen LogP contribution in [0.15, 0.2) is 18.2 Å². The fraction of sp³-hybridized carbons (Fsp3) is 0.400. The summed E-state index contributed by atoms with van der Waals surface area (Å²) in [4.78, 5) is 0. The topological polar surface area (TPSA) is 72.2 Å². The summed E-state index contributed by atoms with van der Waals surface area (Å²) >= 11 is 0. The molecule has 1 unspecified atom stereocenters. The molecule has 0 radical (unpaired) electrons. The molecule has 6 heteroatoms. The zero-order valence-corrected chi connectivity index (χ0v) is 10.0. The summed E-state index contributed by atoms with van der Waals surface area (Å²) in [5.74, 6) is -0.483. The number of anilines is 1. The van der Waals surface area contributed by atoms with Crippen LogP contribution in [0.3, 0.4) is 0 Å². The lowest BCUT2D eigenvalue weighted by Crippen LogP contribution is -2.31. The van der Waals surface area contributed by atoms with Crippen LogP contribution in [-0.4, -0.2) is 20.2 Å². The molecule has 0 aliphatic heterocycles. The van der Waals surface area contributed by atoms with Crippen molar-refractivity contribution in [3.8, 4) is 0 Å². The van der Waals surface area contributed by atoms with Crippen molar-refractivity contribution in [3.63, 3.8) is 0 Å². The molecule has 0 bridgehead atoms. The van der Waals surface area contributed by atoms with Crippen LogP contribution in [-0.2, 0) is 10.0 Å². The Labute approximate surface area is 94.7 Å². The molecule has 1 aromatic rings. The van der Waals surface area contributed by atoms with Crippen molar-refractivity contribution in [3.05, 3.63) is 29.6 Å². The third-order valence-corrected chi connectivity index (χ3v) is 4.07. The van der Waals surface area contributed by atoms with Gasteiger partial charge in [0.2, 0.25) is 10.0 Å². The predicted octanol–water partition coefficient (Wildman–Crippen LogP) is 1.22. The molecule has 3 N–H and O–H groups in total. The van der Waals surface area contributed by atoms with Crippen molar-refractivity contribution in [2.24, 2.45) is 5.73 Å². The molecular weight excluding hydrogens is 231 g/mol. The number of hydrogen-bond donors (Lipinski definition) is 2. The van der Waals surface area contributed by atoms with Gasteiger partial charge in [-0.25, -0.2) is 12.8 Å². The smallest absolute Gasteiger partial charge is 0.236 e. The second-order valence-corrected chi connectivity index (χ2v) is 5.75. The number of rotatable bonds is 4. The maximum atomic E-state index is 12.9. The van der Waals surface area contributed by atoms with Crippen molar-refractivity contribution < 1.29 is 12.8 Å². The average Bonchev–Trinajstić information content (AvgIpc) is 2.22. The molecule has 1 rings (SSSR count). The van der Waals surface area contributed by atoms with Gasteiger partial charge >= 0.3 is 0 Å². The molecule has 1 aromatic carbocycles. The summed E-state index contributed by atoms with van der Waals surface area (Å²) in [5, 5.41) is -0.713. The molecule has 0 heterocycles. The lowest BCUT2D eigenvalue weighted by atomic mass is 10.2. The van der Waals surface area contributed by atoms with Gasteiger partial charge in [0.05, 0.1) is 10.9 Å². The van der Waals surface area contributed by atoms with Gasteiger partial charge in [0.1, 0.15) is 5.82 Å². The fourth-order valence-electron chi connectivity index (χ4n) is 1.08. The summed E-state index contributed by atoms with van der Waals surface area (Å²) in [6.45, 7) is 3.21. The van der Waals surface area contributed by atoms with E-state index in [-0.39, 0.29) is 12.2 Å². The van der Waals surface area contributed by atoms with E-state index in [0.717, 1.165) is 6.07 Å². The number of nitrogens with two attached hydrogens (primary N) is 1. The molecule has 0 aliphatic carbocycles. The van der Waals surface area contributed by atoms with Gasteiger partial charge in [-0.2, -0.15) is 0 Å². The van der Waals surface area contributed by atoms with Crippen molar-refractivity contribution >= 4 is 15.7 Å². The molecule has 16 heavy (non-hydrogen) atoms. The highest BCUT2D eigenvalue weighted by molar-refractivity contribution is 7.93. The minimum Gasteiger partial charge on any atom is -0.329 e. The van der Waals surface area contributed by atoms with Gasteiger partial charge in [-0.3, -0.25) is 4.72 Å². The number of halogens is 1. The van der Waals surface area contributed by atoms with E-state index in [1.165, 1.54) is 19.1 Å². The molecule has 1 atom stereocenters. The third-order valence-electron chi connectivity index (χ3n) is 2.31. The maximum Gasteiger partial charge on any atom is 0.236 e. The minimum atomic E-state index is -3.54. The molecule has 0 aromatic heterocycles. The summed E-state index contributed by atoms with van der Waals surface area (Å²) in [6, 6.07) is 3.94. The van der Waals surface area contributed by atoms with Gasteiger partial charge in [-0.1, -0.05) is 6.07 Å². The molecule has 0 fully saturated rings. The van der Waals surface area contributed by atoms with E-state index >= 15 is 0 Å². The highest BCUT2D eigenvalue weighted by Crippen LogP contribution is 2.18. The Morgan fingerprint density at radius 1 is 1.50 bits per heavy atom. The second kappa shape index (κ2) is 4.80. The third kappa shape index (κ3) is 2.93. The summed E-state index contributed by atoms with van der Waals surface area (Å²) in [5.41, 5.74) is 6.20. The van der Waals surface area contributed by atoms with Gasteiger partial charge in [-0.15, -0.1) is 0 Å². The molecule has 0 saturated heterocycles. The van der Waals surface area contributed by atoms with Crippen LogP contribution in [0, 0.1) is 12.7 Å². The number of aryl methyl sites for hydroxylation is 1. The monoisotopic (exact) mass is 246 g/mol. The van der Waals surface area contributed by atoms with Gasteiger partial charge in [0, 0.05) is 6.54 Å². The molecule has 0 aliphatic rings. The van der Waals surface area contributed by atoms with Crippen LogP contribution >= 0.6 is 0 Å². The van der Waals surface area contributed by atoms with Gasteiger partial charge in [-0.05, 0) is 31.5 Å². The highest BCUT2D eigenvalue weighted by Gasteiger charge is 2.19. The standard InChI is InChI=1S/C10H15FN2O2S/c1-7-3-4-9(11)5-10(7)13-16(14,15)8(2)6-12/h3-5,8,13H,6,12H2,1-2H3. The zero-order valence-electron chi connectivity index (χ0n) is 9.20. The SMILES string of the molecule is Cc1ccc(F)cc1NS(=O)(=O)C(C)CN. The van der Waals surface area contributed by atoms with Crippen molar-refractivity contribution in [2.45, 2.75) is 19.1 Å². The van der Waals surface area contributed by atoms with Crippen LogP contribution in [0.25, 0.3) is 0 Å². The minimum absolute atomic E-state index is 0.0176. The van der Waals surface area contributed by atoms with E-state index < -0.39 is 21.1 Å². The normalized spacial score (nSPS) is 13.5. The van der Waals surface area contributed by atoms with Crippen LogP contribution in [0.5, 0.6) is 0 Å². The average molecular weight is 246 g/mol. The summed E-state index contributed by atoms with van der Waals surface area (Å²) in [6.07, 6.45) is 0. The number of benzene rings is 1. The first-order valence-corrected chi connectivity index (χ1v) is 6.39. The Bertz CT molecular complexity index is 474. The number of hydrogen-bond acceptors (Lipinski definition) is 3. The van der Waals surface area contributed by atoms with Crippen LogP contribution < -0.4 is 10.5 Å². The fourth-order valence-corrected chi connectivity index (χ4v) is 2.07. The first kappa shape index (κ1) is 12.9. The summed E-state index contributed by atoms with van der Waals surface area (Å²) in [7, 11) is -3.54. The van der Waals surface area contributed by atoms with Gasteiger partial charge in [0.15, 0.2) is 0 Å². The van der Waals surface area contributed by atoms with Crippen LogP contribution in [0.1, 0.15) is 12.5 Å². The van der Waals surface area contributed by atoms with E-state index in [1.807, 2.05) is 0 Å². The Morgan fingerprint density at radius 2 is 2.12 bits per heavy atom. The zero-order chi connectivity index (χ0) is 12.3. The Balaban J connectivity index is 3.01. The molecule has 0 spiro atoms. The van der Waals surface area contributed by atoms with Crippen LogP contribution in [0.2, 0.25) is 0 Å². The molecular formula is C10H15FN2O2S. The lowest BCUT2D eigenvalue weighted by Gasteiger charge is -2.14. The largest absolute Gasteiger partial charge is 0.329 e. The number of sulfonamides is 1. The summed E-state index contributed by atoms with van der Waals surface area (Å²) < 4.78 is 38.6. The Hall–Kier alpha value is -1.14. The second-order valence-electron chi connectivity index (χ2n) is 3.65. The van der Waals surface area contributed by atoms with Gasteiger partial charge in [0.25, 0.3) is 0 Å². The highest BCUT2D eigenvalue weighted by atomic mass is 32.2. The van der Waals surface area contributed by atoms with Crippen molar-refractivity contribution in [1.82, 2.24) is 0 Å². The van der Waals surface area contributed by atoms with Crippen LogP contribution in [0.4, 0.5) is 10.1 Å². The van der Waals surface area contributed by atoms with Crippen molar-refractivity contribution in [1.29, 1.82) is 0 Å². The van der Waals surface area contributed by atoms with E-state index in [1.54, 1.807) is 6.92 Å². The lowest BCUT2D eigenvalue weighted by molar-refractivity contribution is 0.589. The van der Waals surface area contributed by atoms with E-state index in [9.17, 15) is 12.8 Å². The van der Waals surface area contributed by atoms with E-state index in [0.29, 0.717) is 5.56 Å². The first-order valence-electron chi connectivity index (χ1n) is 4.84. The van der Waals surface area contributed by atoms with Gasteiger partial charge < -0.3 is 5.73 Å². The molecule has 90 valence electrons. The van der Waals surface area contributed by atoms with E-state index in [4.69, 9.17) is 5.73 Å². The first-order chi connectivity index (χ1) is 7.36. The Morgan fingerprint density at radius 3 is 2.69 bits per heavy atom. The Kier molecular flexibility index (Phi) is 3.88. The molecule has 0 amide bonds. The van der Waals surface area contributed by atoms with Crippen molar-refractivity contribution in [2.75, 3.05) is 11.3 Å². The quantitative estimate of drug-likeness (QED) is 0.839. The molecule has 4 nitrogen and oxygen atoms in total. The molecule has 0 saturated carbocycles. The predicted molar refractivity (Wildman–Crippen MR) is 62.2 cm³/mol. The number of nitrogens with one attached hydrogen (secondary N) is 1.